The van der Waals surface area contributed by atoms with Crippen LogP contribution in [-0.2, 0) is 6.18 Å². The van der Waals surface area contributed by atoms with Crippen LogP contribution in [0.4, 0.5) is 13.2 Å². The van der Waals surface area contributed by atoms with E-state index >= 15 is 0 Å². The predicted molar refractivity (Wildman–Crippen MR) is 245 cm³/mol. The van der Waals surface area contributed by atoms with Crippen molar-refractivity contribution in [2.24, 2.45) is 0 Å². The zero-order valence-corrected chi connectivity index (χ0v) is 34.4. The number of halogens is 3. The number of rotatable bonds is 5. The summed E-state index contributed by atoms with van der Waals surface area (Å²) in [6.45, 7) is 8.32. The van der Waals surface area contributed by atoms with Gasteiger partial charge < -0.3 is 9.13 Å². The molecule has 10 aromatic rings. The predicted octanol–water partition coefficient (Wildman–Crippen LogP) is 14.9. The van der Waals surface area contributed by atoms with Crippen molar-refractivity contribution in [1.82, 2.24) is 9.13 Å². The SMILES string of the molecule is Cc1ccc(-c2ccc3c4ccccc4n(-c4cc(-c5cc(C#N)cc(C(F)(F)F)c5)cc(-n5c6ccccc6c6ccc(-c7ccc(C)cc7C)cc65)c4C#N)c3c2)c(C)c1. The first-order valence-corrected chi connectivity index (χ1v) is 20.3. The molecule has 0 atom stereocenters. The minimum absolute atomic E-state index is 0.118. The molecule has 2 heterocycles. The fourth-order valence-corrected chi connectivity index (χ4v) is 9.34. The van der Waals surface area contributed by atoms with Crippen LogP contribution in [0.5, 0.6) is 0 Å². The third kappa shape index (κ3) is 6.21. The third-order valence-electron chi connectivity index (χ3n) is 12.1. The molecular weight excluding hydrogens is 774 g/mol. The fourth-order valence-electron chi connectivity index (χ4n) is 9.34. The van der Waals surface area contributed by atoms with Gasteiger partial charge in [-0.05, 0) is 127 Å². The highest BCUT2D eigenvalue weighted by molar-refractivity contribution is 6.12. The van der Waals surface area contributed by atoms with Crippen LogP contribution >= 0.6 is 0 Å². The zero-order valence-electron chi connectivity index (χ0n) is 34.4. The lowest BCUT2D eigenvalue weighted by atomic mass is 9.96. The minimum atomic E-state index is -4.70. The molecule has 0 bridgehead atoms. The summed E-state index contributed by atoms with van der Waals surface area (Å²) >= 11 is 0. The van der Waals surface area contributed by atoms with Crippen LogP contribution in [0.2, 0.25) is 0 Å². The van der Waals surface area contributed by atoms with E-state index in [2.05, 4.69) is 128 Å². The highest BCUT2D eigenvalue weighted by Gasteiger charge is 2.32. The van der Waals surface area contributed by atoms with Gasteiger partial charge in [0.2, 0.25) is 0 Å². The Bertz CT molecular complexity index is 3400. The van der Waals surface area contributed by atoms with Crippen molar-refractivity contribution in [2.75, 3.05) is 0 Å². The normalized spacial score (nSPS) is 11.8. The van der Waals surface area contributed by atoms with Gasteiger partial charge in [0.05, 0.1) is 50.6 Å². The Morgan fingerprint density at radius 1 is 0.435 bits per heavy atom. The summed E-state index contributed by atoms with van der Waals surface area (Å²) in [6.07, 6.45) is -4.70. The van der Waals surface area contributed by atoms with Gasteiger partial charge in [0.1, 0.15) is 11.6 Å². The molecule has 298 valence electrons. The van der Waals surface area contributed by atoms with Crippen LogP contribution < -0.4 is 0 Å². The van der Waals surface area contributed by atoms with E-state index in [1.54, 1.807) is 12.1 Å². The molecule has 0 aliphatic heterocycles. The lowest BCUT2D eigenvalue weighted by Gasteiger charge is -2.19. The Balaban J connectivity index is 1.36. The number of nitrogens with zero attached hydrogens (tertiary/aromatic N) is 4. The summed E-state index contributed by atoms with van der Waals surface area (Å²) in [4.78, 5) is 0. The standard InChI is InChI=1S/C55H37F3N4/c1-32-13-17-42(34(3)21-32)37-15-19-46-44-9-5-7-11-49(44)61(51(46)26-37)53-28-40(39-23-36(30-59)24-41(25-39)55(56,57)58)29-54(48(53)31-60)62-50-12-8-6-10-45(50)47-20-16-38(27-52(47)62)43-18-14-33(2)22-35(43)4/h5-29H,1-4H3. The number of alkyl halides is 3. The van der Waals surface area contributed by atoms with Gasteiger partial charge in [-0.1, -0.05) is 108 Å². The number of benzene rings is 8. The quantitative estimate of drug-likeness (QED) is 0.174. The first-order valence-electron chi connectivity index (χ1n) is 20.3. The summed E-state index contributed by atoms with van der Waals surface area (Å²) in [5.74, 6) is 0. The third-order valence-corrected chi connectivity index (χ3v) is 12.1. The van der Waals surface area contributed by atoms with Gasteiger partial charge in [-0.2, -0.15) is 23.7 Å². The van der Waals surface area contributed by atoms with Gasteiger partial charge in [-0.25, -0.2) is 0 Å². The topological polar surface area (TPSA) is 57.4 Å². The molecular formula is C55H37F3N4. The number of fused-ring (bicyclic) bond motifs is 6. The van der Waals surface area contributed by atoms with Crippen LogP contribution in [0.25, 0.3) is 88.4 Å². The Kier molecular flexibility index (Phi) is 8.91. The smallest absolute Gasteiger partial charge is 0.308 e. The maximum absolute atomic E-state index is 14.5. The molecule has 0 aliphatic carbocycles. The summed E-state index contributed by atoms with van der Waals surface area (Å²) in [5.41, 5.74) is 12.9. The second-order valence-electron chi connectivity index (χ2n) is 16.2. The van der Waals surface area contributed by atoms with Gasteiger partial charge in [-0.3, -0.25) is 0 Å². The van der Waals surface area contributed by atoms with E-state index in [1.807, 2.05) is 42.5 Å². The van der Waals surface area contributed by atoms with Gasteiger partial charge in [0.25, 0.3) is 0 Å². The lowest BCUT2D eigenvalue weighted by Crippen LogP contribution is -2.07. The number of nitriles is 2. The minimum Gasteiger partial charge on any atom is -0.308 e. The number of hydrogen-bond acceptors (Lipinski definition) is 2. The van der Waals surface area contributed by atoms with Gasteiger partial charge in [0, 0.05) is 21.5 Å². The van der Waals surface area contributed by atoms with Crippen molar-refractivity contribution < 1.29 is 13.2 Å². The molecule has 0 aliphatic rings. The largest absolute Gasteiger partial charge is 0.416 e. The number of para-hydroxylation sites is 2. The molecule has 7 heteroatoms. The van der Waals surface area contributed by atoms with Crippen molar-refractivity contribution >= 4 is 43.6 Å². The Morgan fingerprint density at radius 2 is 0.903 bits per heavy atom. The van der Waals surface area contributed by atoms with E-state index in [1.165, 1.54) is 6.07 Å². The van der Waals surface area contributed by atoms with Crippen LogP contribution in [0.1, 0.15) is 38.9 Å². The summed E-state index contributed by atoms with van der Waals surface area (Å²) < 4.78 is 47.7. The van der Waals surface area contributed by atoms with E-state index in [0.29, 0.717) is 22.5 Å². The van der Waals surface area contributed by atoms with Crippen molar-refractivity contribution in [3.05, 3.63) is 191 Å². The van der Waals surface area contributed by atoms with Gasteiger partial charge in [0.15, 0.2) is 0 Å². The van der Waals surface area contributed by atoms with Crippen molar-refractivity contribution in [3.8, 4) is 56.9 Å². The Hall–Kier alpha value is -7.87. The van der Waals surface area contributed by atoms with E-state index in [-0.39, 0.29) is 11.1 Å². The molecule has 0 fully saturated rings. The molecule has 2 aromatic heterocycles. The maximum atomic E-state index is 14.5. The van der Waals surface area contributed by atoms with Crippen molar-refractivity contribution in [1.29, 1.82) is 10.5 Å². The Labute approximate surface area is 356 Å². The highest BCUT2D eigenvalue weighted by atomic mass is 19.4. The van der Waals surface area contributed by atoms with Crippen LogP contribution in [0.15, 0.2) is 152 Å². The second kappa shape index (κ2) is 14.4. The van der Waals surface area contributed by atoms with Gasteiger partial charge >= 0.3 is 6.18 Å². The molecule has 0 saturated carbocycles. The van der Waals surface area contributed by atoms with Gasteiger partial charge in [-0.15, -0.1) is 0 Å². The van der Waals surface area contributed by atoms with Crippen LogP contribution in [0.3, 0.4) is 0 Å². The fraction of sp³-hybridized carbons (Fsp3) is 0.0909. The van der Waals surface area contributed by atoms with E-state index in [9.17, 15) is 23.7 Å². The van der Waals surface area contributed by atoms with Crippen LogP contribution in [0, 0.1) is 50.4 Å². The first-order chi connectivity index (χ1) is 29.9. The summed E-state index contributed by atoms with van der Waals surface area (Å²) in [6, 6.07) is 53.0. The molecule has 8 aromatic carbocycles. The molecule has 0 radical (unpaired) electrons. The Morgan fingerprint density at radius 3 is 1.35 bits per heavy atom. The molecule has 0 N–H and O–H groups in total. The first kappa shape index (κ1) is 38.3. The van der Waals surface area contributed by atoms with E-state index < -0.39 is 11.7 Å². The molecule has 0 saturated heterocycles. The molecule has 0 spiro atoms. The number of aromatic nitrogens is 2. The molecule has 10 rings (SSSR count). The second-order valence-corrected chi connectivity index (χ2v) is 16.2. The maximum Gasteiger partial charge on any atom is 0.416 e. The number of aryl methyl sites for hydroxylation is 4. The van der Waals surface area contributed by atoms with Crippen molar-refractivity contribution in [3.63, 3.8) is 0 Å². The molecule has 4 nitrogen and oxygen atoms in total. The zero-order chi connectivity index (χ0) is 43.0. The highest BCUT2D eigenvalue weighted by Crippen LogP contribution is 2.43. The van der Waals surface area contributed by atoms with Crippen molar-refractivity contribution in [2.45, 2.75) is 33.9 Å². The summed E-state index contributed by atoms with van der Waals surface area (Å²) in [5, 5.41) is 25.4. The van der Waals surface area contributed by atoms with Crippen LogP contribution in [-0.4, -0.2) is 9.13 Å². The molecule has 0 unspecified atom stereocenters. The van der Waals surface area contributed by atoms with E-state index in [0.717, 1.165) is 100 Å². The monoisotopic (exact) mass is 810 g/mol. The lowest BCUT2D eigenvalue weighted by molar-refractivity contribution is -0.137. The number of hydrogen-bond donors (Lipinski definition) is 0. The molecule has 62 heavy (non-hydrogen) atoms. The molecule has 0 amide bonds. The average molecular weight is 811 g/mol. The summed E-state index contributed by atoms with van der Waals surface area (Å²) in [7, 11) is 0. The van der Waals surface area contributed by atoms with E-state index in [4.69, 9.17) is 0 Å². The average Bonchev–Trinajstić information content (AvgIpc) is 3.77.